The number of rotatable bonds is 1. The van der Waals surface area contributed by atoms with Gasteiger partial charge in [0.25, 0.3) is 0 Å². The fourth-order valence-corrected chi connectivity index (χ4v) is 5.80. The lowest BCUT2D eigenvalue weighted by molar-refractivity contribution is 0.398. The molecule has 6 aliphatic rings. The van der Waals surface area contributed by atoms with Crippen molar-refractivity contribution in [3.05, 3.63) is 71.9 Å². The molecule has 0 spiro atoms. The molecule has 20 heavy (non-hydrogen) atoms. The van der Waals surface area contributed by atoms with E-state index < -0.39 is 0 Å². The Labute approximate surface area is 120 Å². The maximum absolute atomic E-state index is 2.59. The summed E-state index contributed by atoms with van der Waals surface area (Å²) in [7, 11) is 0. The van der Waals surface area contributed by atoms with E-state index in [2.05, 4.69) is 60.8 Å². The van der Waals surface area contributed by atoms with Crippen molar-refractivity contribution < 1.29 is 0 Å². The second kappa shape index (κ2) is 3.19. The van der Waals surface area contributed by atoms with Gasteiger partial charge in [-0.3, -0.25) is 0 Å². The molecule has 0 aliphatic heterocycles. The Kier molecular flexibility index (Phi) is 1.63. The van der Waals surface area contributed by atoms with Crippen molar-refractivity contribution in [2.24, 2.45) is 47.3 Å². The third-order valence-corrected chi connectivity index (χ3v) is 6.60. The van der Waals surface area contributed by atoms with Gasteiger partial charge in [0.15, 0.2) is 0 Å². The zero-order valence-electron chi connectivity index (χ0n) is 11.4. The molecular formula is C20H18. The average Bonchev–Trinajstić information content (AvgIpc) is 3.18. The molecule has 0 N–H and O–H groups in total. The molecule has 0 aromatic heterocycles. The molecule has 0 amide bonds. The molecule has 0 unspecified atom stereocenters. The van der Waals surface area contributed by atoms with Crippen molar-refractivity contribution in [3.8, 4) is 0 Å². The van der Waals surface area contributed by atoms with Crippen LogP contribution in [-0.4, -0.2) is 0 Å². The van der Waals surface area contributed by atoms with E-state index in [1.54, 1.807) is 11.1 Å². The summed E-state index contributed by atoms with van der Waals surface area (Å²) in [5.74, 6) is 5.87. The van der Waals surface area contributed by atoms with E-state index in [-0.39, 0.29) is 0 Å². The summed E-state index contributed by atoms with van der Waals surface area (Å²) in [6, 6.07) is 0. The SMILES string of the molecule is C1=C[C@H]2C=C(C3=C[C@H]4C=C[C@H]5C=C[C@@H]3[C@H]54)[C@H]3C=C[C@H]1[C@H]23. The van der Waals surface area contributed by atoms with Gasteiger partial charge in [-0.05, 0) is 46.7 Å². The molecule has 0 radical (unpaired) electrons. The zero-order valence-corrected chi connectivity index (χ0v) is 11.4. The predicted molar refractivity (Wildman–Crippen MR) is 80.6 cm³/mol. The first-order chi connectivity index (χ1) is 9.90. The smallest absolute Gasteiger partial charge is 0.00636 e. The lowest BCUT2D eigenvalue weighted by Gasteiger charge is -2.22. The number of allylic oxidation sites excluding steroid dienone is 12. The van der Waals surface area contributed by atoms with E-state index in [1.165, 1.54) is 0 Å². The van der Waals surface area contributed by atoms with E-state index in [0.29, 0.717) is 35.5 Å². The third kappa shape index (κ3) is 1.01. The minimum atomic E-state index is 0.696. The van der Waals surface area contributed by atoms with E-state index >= 15 is 0 Å². The van der Waals surface area contributed by atoms with Gasteiger partial charge in [0.2, 0.25) is 0 Å². The van der Waals surface area contributed by atoms with Crippen LogP contribution < -0.4 is 0 Å². The maximum Gasteiger partial charge on any atom is 0.00636 e. The van der Waals surface area contributed by atoms with Gasteiger partial charge in [-0.2, -0.15) is 0 Å². The van der Waals surface area contributed by atoms with Crippen LogP contribution in [0.1, 0.15) is 0 Å². The lowest BCUT2D eigenvalue weighted by Crippen LogP contribution is -2.16. The molecule has 0 saturated heterocycles. The Morgan fingerprint density at radius 2 is 0.850 bits per heavy atom. The van der Waals surface area contributed by atoms with Crippen molar-refractivity contribution >= 4 is 0 Å². The fraction of sp³-hybridized carbons (Fsp3) is 0.400. The van der Waals surface area contributed by atoms with Gasteiger partial charge in [-0.1, -0.05) is 60.8 Å². The Morgan fingerprint density at radius 3 is 1.35 bits per heavy atom. The van der Waals surface area contributed by atoms with Crippen LogP contribution in [-0.2, 0) is 0 Å². The zero-order chi connectivity index (χ0) is 12.8. The standard InChI is InChI=1S/C20H18/c1-3-13-9-17(15-7-5-11(1)19(13)15)18-10-14-4-2-12-6-8-16(18)20(12)14/h1-16,19-20H/t11-,12-,13-,14+,15+,16-,19+,20+/m0/s1. The molecule has 0 saturated carbocycles. The first-order valence-corrected chi connectivity index (χ1v) is 8.07. The van der Waals surface area contributed by atoms with Gasteiger partial charge in [-0.15, -0.1) is 0 Å². The predicted octanol–water partition coefficient (Wildman–Crippen LogP) is 4.08. The molecule has 8 atom stereocenters. The van der Waals surface area contributed by atoms with Gasteiger partial charge in [-0.25, -0.2) is 0 Å². The molecular weight excluding hydrogens is 240 g/mol. The van der Waals surface area contributed by atoms with Crippen LogP contribution in [0.2, 0.25) is 0 Å². The van der Waals surface area contributed by atoms with Crippen molar-refractivity contribution in [1.82, 2.24) is 0 Å². The van der Waals surface area contributed by atoms with Gasteiger partial charge in [0.05, 0.1) is 0 Å². The molecule has 6 aliphatic carbocycles. The highest BCUT2D eigenvalue weighted by Gasteiger charge is 2.50. The lowest BCUT2D eigenvalue weighted by atomic mass is 9.81. The molecule has 0 heterocycles. The van der Waals surface area contributed by atoms with E-state index in [4.69, 9.17) is 0 Å². The fourth-order valence-electron chi connectivity index (χ4n) is 5.80. The van der Waals surface area contributed by atoms with Crippen LogP contribution >= 0.6 is 0 Å². The molecule has 0 bridgehead atoms. The Bertz CT molecular complexity index is 621. The average molecular weight is 258 g/mol. The summed E-state index contributed by atoms with van der Waals surface area (Å²) in [5, 5.41) is 0. The van der Waals surface area contributed by atoms with Crippen molar-refractivity contribution in [3.63, 3.8) is 0 Å². The largest absolute Gasteiger partial charge is 0.0807 e. The minimum absolute atomic E-state index is 0.696. The van der Waals surface area contributed by atoms with Crippen molar-refractivity contribution in [2.45, 2.75) is 0 Å². The van der Waals surface area contributed by atoms with Crippen LogP contribution in [0.25, 0.3) is 0 Å². The van der Waals surface area contributed by atoms with E-state index in [1.807, 2.05) is 0 Å². The van der Waals surface area contributed by atoms with E-state index in [0.717, 1.165) is 11.8 Å². The topological polar surface area (TPSA) is 0 Å². The molecule has 0 heteroatoms. The van der Waals surface area contributed by atoms with Crippen molar-refractivity contribution in [2.75, 3.05) is 0 Å². The monoisotopic (exact) mass is 258 g/mol. The Morgan fingerprint density at radius 1 is 0.450 bits per heavy atom. The Hall–Kier alpha value is -1.56. The molecule has 0 nitrogen and oxygen atoms in total. The summed E-state index contributed by atoms with van der Waals surface area (Å²) in [6.45, 7) is 0. The highest BCUT2D eigenvalue weighted by Crippen LogP contribution is 2.59. The highest BCUT2D eigenvalue weighted by molar-refractivity contribution is 5.53. The Balaban J connectivity index is 1.47. The quantitative estimate of drug-likeness (QED) is 0.622. The van der Waals surface area contributed by atoms with Gasteiger partial charge < -0.3 is 0 Å². The van der Waals surface area contributed by atoms with Gasteiger partial charge in [0.1, 0.15) is 0 Å². The molecule has 0 fully saturated rings. The molecule has 98 valence electrons. The van der Waals surface area contributed by atoms with E-state index in [9.17, 15) is 0 Å². The van der Waals surface area contributed by atoms with Crippen LogP contribution in [0.5, 0.6) is 0 Å². The van der Waals surface area contributed by atoms with Crippen LogP contribution in [0.3, 0.4) is 0 Å². The number of hydrogen-bond donors (Lipinski definition) is 0. The second-order valence-electron chi connectivity index (χ2n) is 7.30. The van der Waals surface area contributed by atoms with Crippen LogP contribution in [0.4, 0.5) is 0 Å². The third-order valence-electron chi connectivity index (χ3n) is 6.60. The summed E-state index contributed by atoms with van der Waals surface area (Å²) >= 11 is 0. The van der Waals surface area contributed by atoms with Crippen molar-refractivity contribution in [1.29, 1.82) is 0 Å². The first kappa shape index (κ1) is 10.2. The molecule has 0 aromatic rings. The van der Waals surface area contributed by atoms with Gasteiger partial charge in [0, 0.05) is 11.8 Å². The van der Waals surface area contributed by atoms with Crippen LogP contribution in [0, 0.1) is 47.3 Å². The minimum Gasteiger partial charge on any atom is -0.0807 e. The van der Waals surface area contributed by atoms with Crippen LogP contribution in [0.15, 0.2) is 71.9 Å². The number of hydrogen-bond acceptors (Lipinski definition) is 0. The summed E-state index contributed by atoms with van der Waals surface area (Å²) in [6.07, 6.45) is 24.8. The molecule has 6 rings (SSSR count). The summed E-state index contributed by atoms with van der Waals surface area (Å²) in [5.41, 5.74) is 3.34. The maximum atomic E-state index is 2.59. The normalized spacial score (nSPS) is 54.8. The molecule has 0 aromatic carbocycles. The first-order valence-electron chi connectivity index (χ1n) is 8.07. The summed E-state index contributed by atoms with van der Waals surface area (Å²) < 4.78 is 0. The summed E-state index contributed by atoms with van der Waals surface area (Å²) in [4.78, 5) is 0. The highest BCUT2D eigenvalue weighted by atomic mass is 14.5. The van der Waals surface area contributed by atoms with Gasteiger partial charge >= 0.3 is 0 Å². The second-order valence-corrected chi connectivity index (χ2v) is 7.30.